The molecule has 0 amide bonds. The lowest BCUT2D eigenvalue weighted by molar-refractivity contribution is -0.400. The Kier molecular flexibility index (Phi) is 2.57. The van der Waals surface area contributed by atoms with E-state index in [1.807, 2.05) is 0 Å². The number of aromatic nitrogens is 1. The summed E-state index contributed by atoms with van der Waals surface area (Å²) < 4.78 is 0. The van der Waals surface area contributed by atoms with Crippen molar-refractivity contribution in [1.82, 2.24) is 4.98 Å². The Morgan fingerprint density at radius 3 is 2.65 bits per heavy atom. The molecule has 0 saturated heterocycles. The zero-order valence-corrected chi connectivity index (χ0v) is 8.49. The molecule has 0 aliphatic carbocycles. The third-order valence-electron chi connectivity index (χ3n) is 2.28. The van der Waals surface area contributed by atoms with Gasteiger partial charge in [0.15, 0.2) is 0 Å². The fraction of sp³-hybridized carbons (Fsp3) is 0. The fourth-order valence-electron chi connectivity index (χ4n) is 1.53. The molecule has 0 unspecified atom stereocenters. The maximum absolute atomic E-state index is 10.6. The van der Waals surface area contributed by atoms with Crippen LogP contribution in [-0.4, -0.2) is 14.8 Å². The zero-order valence-electron chi connectivity index (χ0n) is 8.49. The minimum absolute atomic E-state index is 0.0239. The predicted molar refractivity (Wildman–Crippen MR) is 61.0 cm³/mol. The first-order valence-corrected chi connectivity index (χ1v) is 4.65. The van der Waals surface area contributed by atoms with Gasteiger partial charge in [-0.15, -0.1) is 0 Å². The van der Waals surface area contributed by atoms with E-state index in [-0.39, 0.29) is 5.69 Å². The monoisotopic (exact) mass is 233 g/mol. The van der Waals surface area contributed by atoms with Gasteiger partial charge in [0, 0.05) is 35.4 Å². The van der Waals surface area contributed by atoms with E-state index < -0.39 is 9.85 Å². The molecule has 86 valence electrons. The van der Waals surface area contributed by atoms with Crippen LogP contribution in [0.4, 0.5) is 5.69 Å². The second-order valence-corrected chi connectivity index (χ2v) is 3.33. The minimum Gasteiger partial charge on any atom is -0.360 e. The standard InChI is InChI=1S/C10H7N3O4/c14-12(15)4-3-7-6-11-10-5-8(13(16)17)1-2-9(7)10/h1-6,11H/b4-3+. The smallest absolute Gasteiger partial charge is 0.271 e. The van der Waals surface area contributed by atoms with Crippen molar-refractivity contribution in [3.05, 3.63) is 56.4 Å². The first-order chi connectivity index (χ1) is 8.08. The highest BCUT2D eigenvalue weighted by molar-refractivity contribution is 5.90. The average Bonchev–Trinajstić information content (AvgIpc) is 2.68. The van der Waals surface area contributed by atoms with Gasteiger partial charge in [-0.2, -0.15) is 0 Å². The Morgan fingerprint density at radius 2 is 2.00 bits per heavy atom. The number of hydrogen-bond acceptors (Lipinski definition) is 4. The number of rotatable bonds is 3. The molecular formula is C10H7N3O4. The molecule has 1 N–H and O–H groups in total. The van der Waals surface area contributed by atoms with Gasteiger partial charge in [0.1, 0.15) is 0 Å². The normalized spacial score (nSPS) is 11.1. The van der Waals surface area contributed by atoms with Crippen molar-refractivity contribution in [2.45, 2.75) is 0 Å². The highest BCUT2D eigenvalue weighted by Gasteiger charge is 2.08. The number of H-pyrrole nitrogens is 1. The molecule has 0 atom stereocenters. The van der Waals surface area contributed by atoms with Crippen molar-refractivity contribution in [2.24, 2.45) is 0 Å². The molecular weight excluding hydrogens is 226 g/mol. The average molecular weight is 233 g/mol. The van der Waals surface area contributed by atoms with Crippen LogP contribution in [0.2, 0.25) is 0 Å². The van der Waals surface area contributed by atoms with Gasteiger partial charge in [-0.3, -0.25) is 20.2 Å². The van der Waals surface area contributed by atoms with E-state index in [0.717, 1.165) is 6.20 Å². The topological polar surface area (TPSA) is 102 Å². The molecule has 0 saturated carbocycles. The number of non-ortho nitro benzene ring substituents is 1. The first-order valence-electron chi connectivity index (χ1n) is 4.65. The predicted octanol–water partition coefficient (Wildman–Crippen LogP) is 2.32. The van der Waals surface area contributed by atoms with Gasteiger partial charge in [-0.25, -0.2) is 0 Å². The first kappa shape index (κ1) is 10.8. The SMILES string of the molecule is O=[N+]([O-])/C=C/c1c[nH]c2cc([N+](=O)[O-])ccc12. The number of aromatic amines is 1. The number of nitrogens with one attached hydrogen (secondary N) is 1. The van der Waals surface area contributed by atoms with E-state index in [0.29, 0.717) is 16.5 Å². The van der Waals surface area contributed by atoms with Crippen LogP contribution in [0.1, 0.15) is 5.56 Å². The van der Waals surface area contributed by atoms with E-state index in [9.17, 15) is 20.2 Å². The maximum atomic E-state index is 10.6. The number of nitrogens with zero attached hydrogens (tertiary/aromatic N) is 2. The van der Waals surface area contributed by atoms with Crippen LogP contribution in [0.25, 0.3) is 17.0 Å². The molecule has 0 aliphatic heterocycles. The van der Waals surface area contributed by atoms with E-state index in [4.69, 9.17) is 0 Å². The molecule has 1 heterocycles. The molecule has 17 heavy (non-hydrogen) atoms. The Bertz CT molecular complexity index is 630. The summed E-state index contributed by atoms with van der Waals surface area (Å²) in [6.07, 6.45) is 3.73. The highest BCUT2D eigenvalue weighted by atomic mass is 16.6. The largest absolute Gasteiger partial charge is 0.360 e. The third-order valence-corrected chi connectivity index (χ3v) is 2.28. The summed E-state index contributed by atoms with van der Waals surface area (Å²) in [5.41, 5.74) is 1.16. The number of nitro groups is 2. The quantitative estimate of drug-likeness (QED) is 0.648. The maximum Gasteiger partial charge on any atom is 0.271 e. The zero-order chi connectivity index (χ0) is 12.4. The van der Waals surface area contributed by atoms with E-state index in [1.54, 1.807) is 12.3 Å². The van der Waals surface area contributed by atoms with Crippen LogP contribution < -0.4 is 0 Å². The van der Waals surface area contributed by atoms with Crippen LogP contribution in [0.5, 0.6) is 0 Å². The van der Waals surface area contributed by atoms with Crippen molar-refractivity contribution in [2.75, 3.05) is 0 Å². The van der Waals surface area contributed by atoms with Crippen LogP contribution in [-0.2, 0) is 0 Å². The van der Waals surface area contributed by atoms with Crippen molar-refractivity contribution < 1.29 is 9.85 Å². The van der Waals surface area contributed by atoms with Crippen molar-refractivity contribution in [1.29, 1.82) is 0 Å². The van der Waals surface area contributed by atoms with Gasteiger partial charge < -0.3 is 4.98 Å². The van der Waals surface area contributed by atoms with Crippen LogP contribution in [0.15, 0.2) is 30.6 Å². The summed E-state index contributed by atoms with van der Waals surface area (Å²) in [7, 11) is 0. The fourth-order valence-corrected chi connectivity index (χ4v) is 1.53. The van der Waals surface area contributed by atoms with E-state index in [2.05, 4.69) is 4.98 Å². The summed E-state index contributed by atoms with van der Waals surface area (Å²) in [5, 5.41) is 21.5. The lowest BCUT2D eigenvalue weighted by Gasteiger charge is -1.92. The van der Waals surface area contributed by atoms with Gasteiger partial charge in [-0.1, -0.05) is 0 Å². The Morgan fingerprint density at radius 1 is 1.24 bits per heavy atom. The van der Waals surface area contributed by atoms with Crippen molar-refractivity contribution in [3.8, 4) is 0 Å². The summed E-state index contributed by atoms with van der Waals surface area (Å²) in [4.78, 5) is 22.5. The Balaban J connectivity index is 2.48. The lowest BCUT2D eigenvalue weighted by Crippen LogP contribution is -1.86. The third kappa shape index (κ3) is 2.12. The van der Waals surface area contributed by atoms with Crippen LogP contribution in [0.3, 0.4) is 0 Å². The van der Waals surface area contributed by atoms with Crippen molar-refractivity contribution >= 4 is 22.7 Å². The second-order valence-electron chi connectivity index (χ2n) is 3.33. The molecule has 1 aromatic carbocycles. The molecule has 1 aromatic heterocycles. The molecule has 0 bridgehead atoms. The molecule has 2 rings (SSSR count). The van der Waals surface area contributed by atoms with Gasteiger partial charge in [-0.05, 0) is 6.07 Å². The summed E-state index contributed by atoms with van der Waals surface area (Å²) in [5.74, 6) is 0. The summed E-state index contributed by atoms with van der Waals surface area (Å²) in [6, 6.07) is 4.31. The Hall–Kier alpha value is -2.70. The van der Waals surface area contributed by atoms with Crippen LogP contribution >= 0.6 is 0 Å². The van der Waals surface area contributed by atoms with Crippen LogP contribution in [0, 0.1) is 20.2 Å². The van der Waals surface area contributed by atoms with Gasteiger partial charge in [0.2, 0.25) is 6.20 Å². The molecule has 7 nitrogen and oxygen atoms in total. The second kappa shape index (κ2) is 4.05. The van der Waals surface area contributed by atoms with Crippen molar-refractivity contribution in [3.63, 3.8) is 0 Å². The lowest BCUT2D eigenvalue weighted by atomic mass is 10.1. The highest BCUT2D eigenvalue weighted by Crippen LogP contribution is 2.23. The number of hydrogen-bond donors (Lipinski definition) is 1. The minimum atomic E-state index is -0.565. The van der Waals surface area contributed by atoms with E-state index in [1.165, 1.54) is 18.2 Å². The van der Waals surface area contributed by atoms with E-state index >= 15 is 0 Å². The molecule has 7 heteroatoms. The molecule has 0 fully saturated rings. The number of nitro benzene ring substituents is 1. The van der Waals surface area contributed by atoms with Gasteiger partial charge >= 0.3 is 0 Å². The summed E-state index contributed by atoms with van der Waals surface area (Å²) >= 11 is 0. The molecule has 0 spiro atoms. The summed E-state index contributed by atoms with van der Waals surface area (Å²) in [6.45, 7) is 0. The Labute approximate surface area is 94.7 Å². The number of fused-ring (bicyclic) bond motifs is 1. The number of benzene rings is 1. The molecule has 2 aromatic rings. The van der Waals surface area contributed by atoms with Gasteiger partial charge in [0.25, 0.3) is 5.69 Å². The molecule has 0 radical (unpaired) electrons. The van der Waals surface area contributed by atoms with Gasteiger partial charge in [0.05, 0.1) is 15.4 Å². The molecule has 0 aliphatic rings.